The number of fused-ring (bicyclic) bond motifs is 1. The summed E-state index contributed by atoms with van der Waals surface area (Å²) in [6, 6.07) is 2.58. The Kier molecular flexibility index (Phi) is 8.31. The molecular weight excluding hydrogens is 507 g/mol. The van der Waals surface area contributed by atoms with Gasteiger partial charge in [-0.15, -0.1) is 0 Å². The van der Waals surface area contributed by atoms with Gasteiger partial charge >= 0.3 is 0 Å². The van der Waals surface area contributed by atoms with Gasteiger partial charge in [0.25, 0.3) is 5.91 Å². The van der Waals surface area contributed by atoms with Crippen molar-refractivity contribution in [2.75, 3.05) is 53.3 Å². The Labute approximate surface area is 224 Å². The van der Waals surface area contributed by atoms with Crippen molar-refractivity contribution in [2.24, 2.45) is 0 Å². The van der Waals surface area contributed by atoms with E-state index >= 15 is 0 Å². The van der Waals surface area contributed by atoms with Crippen LogP contribution in [0.25, 0.3) is 10.9 Å². The van der Waals surface area contributed by atoms with Crippen LogP contribution in [0.1, 0.15) is 34.1 Å². The fraction of sp³-hybridized carbons (Fsp3) is 0.333. The van der Waals surface area contributed by atoms with Crippen molar-refractivity contribution in [1.82, 2.24) is 25.0 Å². The molecule has 0 saturated carbocycles. The van der Waals surface area contributed by atoms with Gasteiger partial charge in [-0.1, -0.05) is 12.5 Å². The Morgan fingerprint density at radius 2 is 2.08 bits per heavy atom. The number of hydrogen-bond acceptors (Lipinski definition) is 8. The summed E-state index contributed by atoms with van der Waals surface area (Å²) in [6.07, 6.45) is 3.22. The zero-order chi connectivity index (χ0) is 28.1. The van der Waals surface area contributed by atoms with Crippen molar-refractivity contribution in [3.63, 3.8) is 0 Å². The monoisotopic (exact) mass is 536 g/mol. The van der Waals surface area contributed by atoms with Gasteiger partial charge < -0.3 is 30.2 Å². The molecule has 2 amide bonds. The van der Waals surface area contributed by atoms with Crippen molar-refractivity contribution in [2.45, 2.75) is 12.5 Å². The number of benzene rings is 1. The van der Waals surface area contributed by atoms with Crippen molar-refractivity contribution >= 4 is 28.5 Å². The molecule has 0 radical (unpaired) electrons. The number of nitrogens with zero attached hydrogens (tertiary/aromatic N) is 4. The van der Waals surface area contributed by atoms with E-state index in [4.69, 9.17) is 25.0 Å². The van der Waals surface area contributed by atoms with Gasteiger partial charge in [0.2, 0.25) is 5.91 Å². The number of halogens is 1. The molecule has 3 N–H and O–H groups in total. The second-order valence-corrected chi connectivity index (χ2v) is 8.69. The van der Waals surface area contributed by atoms with Gasteiger partial charge in [0.1, 0.15) is 17.3 Å². The molecule has 39 heavy (non-hydrogen) atoms. The van der Waals surface area contributed by atoms with E-state index in [0.717, 1.165) is 0 Å². The number of nitrogen functional groups attached to an aromatic ring is 1. The van der Waals surface area contributed by atoms with E-state index in [-0.39, 0.29) is 46.9 Å². The van der Waals surface area contributed by atoms with E-state index in [9.17, 15) is 14.0 Å². The topological polar surface area (TPSA) is 134 Å². The van der Waals surface area contributed by atoms with E-state index in [0.29, 0.717) is 42.8 Å². The van der Waals surface area contributed by atoms with Gasteiger partial charge in [0, 0.05) is 39.0 Å². The lowest BCUT2D eigenvalue weighted by Crippen LogP contribution is -2.29. The predicted molar refractivity (Wildman–Crippen MR) is 142 cm³/mol. The van der Waals surface area contributed by atoms with Gasteiger partial charge in [-0.25, -0.2) is 9.37 Å². The zero-order valence-electron chi connectivity index (χ0n) is 21.9. The lowest BCUT2D eigenvalue weighted by Gasteiger charge is -2.16. The fourth-order valence-corrected chi connectivity index (χ4v) is 4.40. The van der Waals surface area contributed by atoms with E-state index < -0.39 is 11.7 Å². The van der Waals surface area contributed by atoms with Crippen LogP contribution in [0.4, 0.5) is 10.2 Å². The number of carbonyl (C=O) groups is 2. The van der Waals surface area contributed by atoms with Crippen molar-refractivity contribution in [3.8, 4) is 23.3 Å². The molecule has 1 fully saturated rings. The number of carbonyl (C=O) groups excluding carboxylic acids is 2. The maximum atomic E-state index is 15.0. The Hall–Kier alpha value is -4.63. The van der Waals surface area contributed by atoms with Crippen LogP contribution in [0, 0.1) is 17.7 Å². The summed E-state index contributed by atoms with van der Waals surface area (Å²) < 4.78 is 32.0. The van der Waals surface area contributed by atoms with Crippen LogP contribution in [-0.4, -0.2) is 79.0 Å². The molecule has 0 unspecified atom stereocenters. The van der Waals surface area contributed by atoms with E-state index in [1.165, 1.54) is 45.7 Å². The summed E-state index contributed by atoms with van der Waals surface area (Å²) in [7, 11) is 4.33. The van der Waals surface area contributed by atoms with Crippen molar-refractivity contribution in [3.05, 3.63) is 53.6 Å². The predicted octanol–water partition coefficient (Wildman–Crippen LogP) is 1.91. The third kappa shape index (κ3) is 5.49. The first-order valence-corrected chi connectivity index (χ1v) is 12.1. The van der Waals surface area contributed by atoms with E-state index in [1.54, 1.807) is 9.58 Å². The normalized spacial score (nSPS) is 14.6. The number of aromatic nitrogens is 3. The highest BCUT2D eigenvalue weighted by Crippen LogP contribution is 2.32. The summed E-state index contributed by atoms with van der Waals surface area (Å²) in [5.74, 6) is 4.87. The van der Waals surface area contributed by atoms with Crippen LogP contribution < -0.4 is 20.5 Å². The highest BCUT2D eigenvalue weighted by molar-refractivity contribution is 6.09. The molecule has 1 aromatic carbocycles. The number of rotatable bonds is 8. The van der Waals surface area contributed by atoms with Crippen molar-refractivity contribution < 1.29 is 28.2 Å². The molecule has 1 saturated heterocycles. The zero-order valence-corrected chi connectivity index (χ0v) is 21.9. The van der Waals surface area contributed by atoms with Crippen LogP contribution in [0.15, 0.2) is 31.0 Å². The molecule has 204 valence electrons. The average Bonchev–Trinajstić information content (AvgIpc) is 3.58. The molecule has 1 aliphatic rings. The Balaban J connectivity index is 1.87. The molecule has 0 bridgehead atoms. The number of amides is 2. The van der Waals surface area contributed by atoms with Crippen LogP contribution >= 0.6 is 0 Å². The van der Waals surface area contributed by atoms with Crippen molar-refractivity contribution in [1.29, 1.82) is 0 Å². The smallest absolute Gasteiger partial charge is 0.255 e. The largest absolute Gasteiger partial charge is 0.497 e. The molecule has 4 rings (SSSR count). The molecule has 1 atom stereocenters. The second kappa shape index (κ2) is 11.8. The number of ether oxygens (including phenoxy) is 3. The maximum absolute atomic E-state index is 15.0. The van der Waals surface area contributed by atoms with Gasteiger partial charge in [-0.3, -0.25) is 14.3 Å². The number of nitrogens with one attached hydrogen (secondary N) is 1. The molecule has 11 nitrogen and oxygen atoms in total. The molecule has 3 heterocycles. The third-order valence-corrected chi connectivity index (χ3v) is 6.37. The summed E-state index contributed by atoms with van der Waals surface area (Å²) in [5.41, 5.74) is 7.16. The minimum Gasteiger partial charge on any atom is -0.497 e. The lowest BCUT2D eigenvalue weighted by molar-refractivity contribution is -0.125. The number of likely N-dealkylation sites (tertiary alicyclic amines) is 1. The van der Waals surface area contributed by atoms with Crippen LogP contribution in [0.3, 0.4) is 0 Å². The van der Waals surface area contributed by atoms with Gasteiger partial charge in [0.05, 0.1) is 48.9 Å². The molecule has 12 heteroatoms. The van der Waals surface area contributed by atoms with Gasteiger partial charge in [-0.05, 0) is 24.5 Å². The summed E-state index contributed by atoms with van der Waals surface area (Å²) in [5, 5.41) is 7.83. The first-order chi connectivity index (χ1) is 18.8. The highest BCUT2D eigenvalue weighted by atomic mass is 19.1. The first-order valence-electron chi connectivity index (χ1n) is 12.1. The SMILES string of the molecule is C=CC(=O)N1CC[C@H](n2nc(C#Cc3cc(OC)cc(OC)c3F)c3c(N)ncc(C(=O)NCCOC)c32)C1. The van der Waals surface area contributed by atoms with E-state index in [2.05, 4.69) is 28.7 Å². The fourth-order valence-electron chi connectivity index (χ4n) is 4.40. The van der Waals surface area contributed by atoms with Crippen LogP contribution in [0.2, 0.25) is 0 Å². The molecular formula is C27H29FN6O5. The average molecular weight is 537 g/mol. The number of methoxy groups -OCH3 is 3. The number of nitrogens with two attached hydrogens (primary N) is 1. The van der Waals surface area contributed by atoms with Gasteiger partial charge in [0.15, 0.2) is 11.6 Å². The maximum Gasteiger partial charge on any atom is 0.255 e. The Bertz CT molecular complexity index is 1490. The summed E-state index contributed by atoms with van der Waals surface area (Å²) in [4.78, 5) is 31.2. The molecule has 0 aliphatic carbocycles. The number of anilines is 1. The second-order valence-electron chi connectivity index (χ2n) is 8.69. The number of hydrogen-bond donors (Lipinski definition) is 2. The summed E-state index contributed by atoms with van der Waals surface area (Å²) >= 11 is 0. The Morgan fingerprint density at radius 1 is 1.28 bits per heavy atom. The molecule has 2 aromatic heterocycles. The molecule has 1 aliphatic heterocycles. The third-order valence-electron chi connectivity index (χ3n) is 6.37. The highest BCUT2D eigenvalue weighted by Gasteiger charge is 2.31. The van der Waals surface area contributed by atoms with Gasteiger partial charge in [-0.2, -0.15) is 5.10 Å². The standard InChI is InChI=1S/C27H29FN6O5/c1-5-22(35)33-10-8-17(15-33)34-25-19(27(36)30-9-11-37-2)14-31-26(29)23(25)20(32-34)7-6-16-12-18(38-3)13-21(39-4)24(16)28/h5,12-14,17H,1,8-11,15H2,2-4H3,(H2,29,31)(H,30,36)/t17-/m0/s1. The quantitative estimate of drug-likeness (QED) is 0.253. The molecule has 3 aromatic rings. The van der Waals surface area contributed by atoms with Crippen LogP contribution in [0.5, 0.6) is 11.5 Å². The lowest BCUT2D eigenvalue weighted by atomic mass is 10.1. The minimum absolute atomic E-state index is 0.0248. The molecule has 0 spiro atoms. The minimum atomic E-state index is -0.659. The first kappa shape index (κ1) is 27.4. The summed E-state index contributed by atoms with van der Waals surface area (Å²) in [6.45, 7) is 5.00. The Morgan fingerprint density at radius 3 is 2.77 bits per heavy atom. The number of pyridine rings is 1. The van der Waals surface area contributed by atoms with Crippen LogP contribution in [-0.2, 0) is 9.53 Å². The van der Waals surface area contributed by atoms with E-state index in [1.807, 2.05) is 0 Å².